The average Bonchev–Trinajstić information content (AvgIpc) is 2.99. The van der Waals surface area contributed by atoms with Crippen molar-refractivity contribution < 1.29 is 23.9 Å². The highest BCUT2D eigenvalue weighted by atomic mass is 32.2. The van der Waals surface area contributed by atoms with Crippen LogP contribution in [-0.4, -0.2) is 53.7 Å². The molecule has 1 aliphatic heterocycles. The van der Waals surface area contributed by atoms with Crippen LogP contribution < -0.4 is 15.8 Å². The molecule has 1 saturated carbocycles. The molecule has 3 N–H and O–H groups in total. The van der Waals surface area contributed by atoms with Gasteiger partial charge in [0.05, 0.1) is 24.6 Å². The molecule has 1 saturated heterocycles. The van der Waals surface area contributed by atoms with E-state index in [2.05, 4.69) is 5.32 Å². The number of carbonyl (C=O) groups is 4. The predicted molar refractivity (Wildman–Crippen MR) is 114 cm³/mol. The van der Waals surface area contributed by atoms with Gasteiger partial charge in [-0.15, -0.1) is 0 Å². The van der Waals surface area contributed by atoms with Crippen LogP contribution in [0.15, 0.2) is 18.2 Å². The lowest BCUT2D eigenvalue weighted by Crippen LogP contribution is -2.48. The number of nitrogens with zero attached hydrogens (tertiary/aromatic N) is 1. The Bertz CT molecular complexity index is 835. The first kappa shape index (κ1) is 22.1. The molecule has 162 valence electrons. The summed E-state index contributed by atoms with van der Waals surface area (Å²) in [5, 5.41) is 2.74. The zero-order chi connectivity index (χ0) is 21.8. The lowest BCUT2D eigenvalue weighted by molar-refractivity contribution is -0.146. The van der Waals surface area contributed by atoms with E-state index in [0.717, 1.165) is 12.8 Å². The number of hydrogen-bond donors (Lipinski definition) is 2. The maximum Gasteiger partial charge on any atom is 0.248 e. The number of fused-ring (bicyclic) bond motifs is 1. The molecule has 0 aromatic heterocycles. The summed E-state index contributed by atoms with van der Waals surface area (Å²) in [6, 6.07) is 3.55. The van der Waals surface area contributed by atoms with Crippen LogP contribution in [0.4, 0.5) is 5.69 Å². The summed E-state index contributed by atoms with van der Waals surface area (Å²) in [5.41, 5.74) is 5.82. The van der Waals surface area contributed by atoms with Crippen molar-refractivity contribution >= 4 is 41.1 Å². The third kappa shape index (κ3) is 4.30. The second kappa shape index (κ2) is 9.51. The molecule has 3 atom stereocenters. The van der Waals surface area contributed by atoms with E-state index in [1.54, 1.807) is 0 Å². The summed E-state index contributed by atoms with van der Waals surface area (Å²) in [7, 11) is 1.44. The van der Waals surface area contributed by atoms with Gasteiger partial charge in [0.25, 0.3) is 0 Å². The van der Waals surface area contributed by atoms with E-state index >= 15 is 0 Å². The molecule has 1 aromatic rings. The number of primary amides is 1. The summed E-state index contributed by atoms with van der Waals surface area (Å²) in [6.45, 7) is 0. The maximum atomic E-state index is 13.2. The number of benzene rings is 1. The zero-order valence-corrected chi connectivity index (χ0v) is 18.0. The zero-order valence-electron chi connectivity index (χ0n) is 17.2. The number of ether oxygens (including phenoxy) is 1. The van der Waals surface area contributed by atoms with E-state index in [4.69, 9.17) is 10.5 Å². The predicted octanol–water partition coefficient (Wildman–Crippen LogP) is 2.03. The average molecular weight is 434 g/mol. The molecule has 3 unspecified atom stereocenters. The van der Waals surface area contributed by atoms with Gasteiger partial charge in [-0.2, -0.15) is 11.8 Å². The number of carbonyl (C=O) groups excluding carboxylic acids is 4. The van der Waals surface area contributed by atoms with Gasteiger partial charge in [-0.1, -0.05) is 12.8 Å². The van der Waals surface area contributed by atoms with Crippen LogP contribution in [0.25, 0.3) is 0 Å². The highest BCUT2D eigenvalue weighted by Crippen LogP contribution is 2.39. The molecule has 3 rings (SSSR count). The second-order valence-corrected chi connectivity index (χ2v) is 8.60. The van der Waals surface area contributed by atoms with Crippen molar-refractivity contribution in [1.82, 2.24) is 4.90 Å². The van der Waals surface area contributed by atoms with Gasteiger partial charge in [0.2, 0.25) is 23.6 Å². The topological polar surface area (TPSA) is 119 Å². The highest BCUT2D eigenvalue weighted by Gasteiger charge is 2.51. The molecule has 0 radical (unpaired) electrons. The summed E-state index contributed by atoms with van der Waals surface area (Å²) in [6.07, 6.45) is 5.48. The Balaban J connectivity index is 1.88. The van der Waals surface area contributed by atoms with Crippen LogP contribution in [-0.2, 0) is 14.4 Å². The second-order valence-electron chi connectivity index (χ2n) is 7.61. The van der Waals surface area contributed by atoms with Crippen LogP contribution in [0, 0.1) is 11.8 Å². The number of nitrogens with one attached hydrogen (secondary N) is 1. The van der Waals surface area contributed by atoms with E-state index < -0.39 is 17.9 Å². The van der Waals surface area contributed by atoms with Crippen molar-refractivity contribution in [2.75, 3.05) is 24.4 Å². The van der Waals surface area contributed by atoms with Crippen molar-refractivity contribution in [2.45, 2.75) is 38.1 Å². The van der Waals surface area contributed by atoms with Crippen molar-refractivity contribution in [2.24, 2.45) is 17.6 Å². The van der Waals surface area contributed by atoms with Gasteiger partial charge in [0.1, 0.15) is 11.8 Å². The van der Waals surface area contributed by atoms with E-state index in [-0.39, 0.29) is 34.9 Å². The van der Waals surface area contributed by atoms with E-state index in [9.17, 15) is 19.2 Å². The molecule has 1 aromatic carbocycles. The molecular formula is C21H27N3O5S. The standard InChI is InChI=1S/C21H27N3O5S/c1-29-17-8-7-12(18(22)25)11-15(17)23-19(26)16(9-10-30-2)24-20(27)13-5-3-4-6-14(13)21(24)28/h7-8,11,13-14,16H,3-6,9-10H2,1-2H3,(H2,22,25)(H,23,26). The Labute approximate surface area is 179 Å². The van der Waals surface area contributed by atoms with Crippen molar-refractivity contribution in [3.63, 3.8) is 0 Å². The molecule has 1 aliphatic carbocycles. The van der Waals surface area contributed by atoms with E-state index in [1.165, 1.54) is 42.0 Å². The van der Waals surface area contributed by atoms with Gasteiger partial charge in [0.15, 0.2) is 0 Å². The lowest BCUT2D eigenvalue weighted by Gasteiger charge is -2.26. The van der Waals surface area contributed by atoms with Gasteiger partial charge in [-0.3, -0.25) is 24.1 Å². The van der Waals surface area contributed by atoms with Crippen molar-refractivity contribution in [1.29, 1.82) is 0 Å². The van der Waals surface area contributed by atoms with Crippen LogP contribution in [0.5, 0.6) is 5.75 Å². The summed E-state index contributed by atoms with van der Waals surface area (Å²) in [4.78, 5) is 51.9. The number of rotatable bonds is 8. The number of anilines is 1. The summed E-state index contributed by atoms with van der Waals surface area (Å²) in [5.74, 6) is -1.28. The Hall–Kier alpha value is -2.55. The summed E-state index contributed by atoms with van der Waals surface area (Å²) < 4.78 is 5.27. The van der Waals surface area contributed by atoms with Crippen LogP contribution in [0.1, 0.15) is 42.5 Å². The molecule has 0 spiro atoms. The maximum absolute atomic E-state index is 13.2. The molecule has 30 heavy (non-hydrogen) atoms. The van der Waals surface area contributed by atoms with E-state index in [0.29, 0.717) is 30.8 Å². The first-order valence-electron chi connectivity index (χ1n) is 10.0. The molecule has 2 fully saturated rings. The molecule has 4 amide bonds. The Morgan fingerprint density at radius 2 is 1.87 bits per heavy atom. The Morgan fingerprint density at radius 3 is 2.40 bits per heavy atom. The third-order valence-corrected chi connectivity index (χ3v) is 6.47. The molecule has 8 nitrogen and oxygen atoms in total. The number of amides is 4. The number of hydrogen-bond acceptors (Lipinski definition) is 6. The molecule has 0 bridgehead atoms. The fourth-order valence-corrected chi connectivity index (χ4v) is 4.74. The van der Waals surface area contributed by atoms with Gasteiger partial charge in [-0.05, 0) is 49.5 Å². The normalized spacial score (nSPS) is 21.9. The minimum atomic E-state index is -0.912. The Kier molecular flexibility index (Phi) is 7.02. The lowest BCUT2D eigenvalue weighted by atomic mass is 9.81. The molecule has 1 heterocycles. The van der Waals surface area contributed by atoms with Crippen LogP contribution in [0.3, 0.4) is 0 Å². The first-order valence-corrected chi connectivity index (χ1v) is 11.4. The van der Waals surface area contributed by atoms with Gasteiger partial charge < -0.3 is 15.8 Å². The minimum Gasteiger partial charge on any atom is -0.495 e. The van der Waals surface area contributed by atoms with Gasteiger partial charge in [0, 0.05) is 5.56 Å². The van der Waals surface area contributed by atoms with E-state index in [1.807, 2.05) is 6.26 Å². The number of likely N-dealkylation sites (tertiary alicyclic amines) is 1. The van der Waals surface area contributed by atoms with Crippen LogP contribution >= 0.6 is 11.8 Å². The SMILES string of the molecule is COc1ccc(C(N)=O)cc1NC(=O)C(CCSC)N1C(=O)C2CCCCC2C1=O. The monoisotopic (exact) mass is 433 g/mol. The smallest absolute Gasteiger partial charge is 0.248 e. The molecule has 2 aliphatic rings. The molecular weight excluding hydrogens is 406 g/mol. The largest absolute Gasteiger partial charge is 0.495 e. The van der Waals surface area contributed by atoms with Gasteiger partial charge >= 0.3 is 0 Å². The fourth-order valence-electron chi connectivity index (χ4n) is 4.28. The number of methoxy groups -OCH3 is 1. The highest BCUT2D eigenvalue weighted by molar-refractivity contribution is 7.98. The van der Waals surface area contributed by atoms with Crippen LogP contribution in [0.2, 0.25) is 0 Å². The Morgan fingerprint density at radius 1 is 1.23 bits per heavy atom. The number of thioether (sulfide) groups is 1. The molecule has 9 heteroatoms. The summed E-state index contributed by atoms with van der Waals surface area (Å²) >= 11 is 1.54. The number of nitrogens with two attached hydrogens (primary N) is 1. The fraction of sp³-hybridized carbons (Fsp3) is 0.524. The third-order valence-electron chi connectivity index (χ3n) is 5.83. The number of imide groups is 1. The first-order chi connectivity index (χ1) is 14.4. The minimum absolute atomic E-state index is 0.214. The quantitative estimate of drug-likeness (QED) is 0.606. The van der Waals surface area contributed by atoms with Crippen molar-refractivity contribution in [3.8, 4) is 5.75 Å². The van der Waals surface area contributed by atoms with Gasteiger partial charge in [-0.25, -0.2) is 0 Å². The van der Waals surface area contributed by atoms with Crippen molar-refractivity contribution in [3.05, 3.63) is 23.8 Å².